The second kappa shape index (κ2) is 7.08. The number of nitrogens with zero attached hydrogens (tertiary/aromatic N) is 2. The van der Waals surface area contributed by atoms with E-state index in [0.717, 1.165) is 0 Å². The smallest absolute Gasteiger partial charge is 0.314 e. The zero-order chi connectivity index (χ0) is 16.1. The molecule has 1 aliphatic rings. The predicted octanol–water partition coefficient (Wildman–Crippen LogP) is 1.76. The van der Waals surface area contributed by atoms with Gasteiger partial charge in [-0.05, 0) is 13.8 Å². The Hall–Kier alpha value is -2.35. The second-order valence-electron chi connectivity index (χ2n) is 4.51. The lowest BCUT2D eigenvalue weighted by Gasteiger charge is -2.28. The molecule has 0 spiro atoms. The molecule has 1 saturated heterocycles. The minimum absolute atomic E-state index is 0.0213. The van der Waals surface area contributed by atoms with Crippen molar-refractivity contribution in [3.8, 4) is 11.5 Å². The van der Waals surface area contributed by atoms with E-state index in [0.29, 0.717) is 25.4 Å². The van der Waals surface area contributed by atoms with Crippen LogP contribution in [0, 0.1) is 10.1 Å². The highest BCUT2D eigenvalue weighted by molar-refractivity contribution is 5.97. The summed E-state index contributed by atoms with van der Waals surface area (Å²) in [7, 11) is 0. The molecular weight excluding hydrogens is 292 g/mol. The Morgan fingerprint density at radius 3 is 2.55 bits per heavy atom. The lowest BCUT2D eigenvalue weighted by molar-refractivity contribution is -0.385. The first-order valence-electron chi connectivity index (χ1n) is 7.04. The molecule has 1 fully saturated rings. The van der Waals surface area contributed by atoms with Crippen LogP contribution in [0.25, 0.3) is 0 Å². The number of hydrogen-bond donors (Lipinski definition) is 0. The molecule has 1 aliphatic heterocycles. The fourth-order valence-electron chi connectivity index (χ4n) is 2.21. The Morgan fingerprint density at radius 2 is 1.95 bits per heavy atom. The van der Waals surface area contributed by atoms with Crippen molar-refractivity contribution in [1.29, 1.82) is 0 Å². The van der Waals surface area contributed by atoms with E-state index < -0.39 is 4.92 Å². The van der Waals surface area contributed by atoms with Gasteiger partial charge in [-0.25, -0.2) is 0 Å². The van der Waals surface area contributed by atoms with E-state index >= 15 is 0 Å². The van der Waals surface area contributed by atoms with Crippen LogP contribution in [0.3, 0.4) is 0 Å². The molecule has 0 bridgehead atoms. The summed E-state index contributed by atoms with van der Waals surface area (Å²) in [6.07, 6.45) is 0. The van der Waals surface area contributed by atoms with Gasteiger partial charge in [-0.15, -0.1) is 0 Å². The molecule has 120 valence electrons. The molecule has 1 aromatic rings. The van der Waals surface area contributed by atoms with Gasteiger partial charge in [0, 0.05) is 12.6 Å². The number of amides is 1. The zero-order valence-electron chi connectivity index (χ0n) is 12.5. The largest absolute Gasteiger partial charge is 0.491 e. The van der Waals surface area contributed by atoms with Gasteiger partial charge < -0.3 is 19.1 Å². The minimum Gasteiger partial charge on any atom is -0.491 e. The van der Waals surface area contributed by atoms with Crippen molar-refractivity contribution >= 4 is 17.3 Å². The average Bonchev–Trinajstić information content (AvgIpc) is 2.49. The normalized spacial score (nSPS) is 14.8. The molecule has 0 aromatic heterocycles. The van der Waals surface area contributed by atoms with Gasteiger partial charge in [0.25, 0.3) is 5.91 Å². The summed E-state index contributed by atoms with van der Waals surface area (Å²) in [5.41, 5.74) is 0.277. The Morgan fingerprint density at radius 1 is 1.27 bits per heavy atom. The van der Waals surface area contributed by atoms with E-state index in [9.17, 15) is 14.9 Å². The van der Waals surface area contributed by atoms with Crippen molar-refractivity contribution in [2.24, 2.45) is 0 Å². The minimum atomic E-state index is -0.529. The quantitative estimate of drug-likeness (QED) is 0.587. The summed E-state index contributed by atoms with van der Waals surface area (Å²) < 4.78 is 15.9. The topological polar surface area (TPSA) is 91.1 Å². The third kappa shape index (κ3) is 3.28. The van der Waals surface area contributed by atoms with Gasteiger partial charge in [-0.1, -0.05) is 0 Å². The lowest BCUT2D eigenvalue weighted by Crippen LogP contribution is -2.41. The first kappa shape index (κ1) is 16.0. The number of rotatable bonds is 6. The van der Waals surface area contributed by atoms with Gasteiger partial charge in [-0.3, -0.25) is 14.9 Å². The van der Waals surface area contributed by atoms with Crippen LogP contribution < -0.4 is 14.4 Å². The van der Waals surface area contributed by atoms with Crippen LogP contribution in [-0.2, 0) is 9.53 Å². The molecule has 0 N–H and O–H groups in total. The van der Waals surface area contributed by atoms with Crippen LogP contribution in [0.2, 0.25) is 0 Å². The Kier molecular flexibility index (Phi) is 5.16. The number of benzene rings is 1. The maximum absolute atomic E-state index is 12.0. The van der Waals surface area contributed by atoms with Crippen molar-refractivity contribution in [2.75, 3.05) is 37.9 Å². The summed E-state index contributed by atoms with van der Waals surface area (Å²) >= 11 is 0. The third-order valence-electron chi connectivity index (χ3n) is 3.11. The van der Waals surface area contributed by atoms with E-state index in [1.54, 1.807) is 13.8 Å². The molecule has 8 heteroatoms. The van der Waals surface area contributed by atoms with Gasteiger partial charge in [0.1, 0.15) is 12.4 Å². The summed E-state index contributed by atoms with van der Waals surface area (Å²) in [5.74, 6) is 0.182. The Labute approximate surface area is 127 Å². The number of ether oxygens (including phenoxy) is 3. The standard InChI is InChI=1S/C14H18N2O6/c1-3-21-12-8-11(16(18)19)13(22-4-2)7-10(12)15-5-6-20-9-14(15)17/h7-8H,3-6,9H2,1-2H3. The van der Waals surface area contributed by atoms with Gasteiger partial charge >= 0.3 is 5.69 Å². The summed E-state index contributed by atoms with van der Waals surface area (Å²) in [5, 5.41) is 11.2. The fraction of sp³-hybridized carbons (Fsp3) is 0.500. The third-order valence-corrected chi connectivity index (χ3v) is 3.11. The molecule has 0 saturated carbocycles. The number of carbonyl (C=O) groups excluding carboxylic acids is 1. The molecule has 0 unspecified atom stereocenters. The van der Waals surface area contributed by atoms with Crippen molar-refractivity contribution in [3.63, 3.8) is 0 Å². The molecule has 0 radical (unpaired) electrons. The molecule has 1 heterocycles. The molecule has 0 atom stereocenters. The highest BCUT2D eigenvalue weighted by Crippen LogP contribution is 2.40. The number of hydrogen-bond acceptors (Lipinski definition) is 6. The van der Waals surface area contributed by atoms with Crippen LogP contribution in [0.1, 0.15) is 13.8 Å². The van der Waals surface area contributed by atoms with E-state index in [4.69, 9.17) is 14.2 Å². The van der Waals surface area contributed by atoms with Crippen LogP contribution in [0.5, 0.6) is 11.5 Å². The van der Waals surface area contributed by atoms with E-state index in [2.05, 4.69) is 0 Å². The fourth-order valence-corrected chi connectivity index (χ4v) is 2.21. The molecular formula is C14H18N2O6. The monoisotopic (exact) mass is 310 g/mol. The zero-order valence-corrected chi connectivity index (χ0v) is 12.5. The number of carbonyl (C=O) groups is 1. The average molecular weight is 310 g/mol. The molecule has 2 rings (SSSR count). The van der Waals surface area contributed by atoms with Crippen LogP contribution in [0.4, 0.5) is 11.4 Å². The molecule has 8 nitrogen and oxygen atoms in total. The van der Waals surface area contributed by atoms with Crippen LogP contribution in [0.15, 0.2) is 12.1 Å². The van der Waals surface area contributed by atoms with E-state index in [1.165, 1.54) is 17.0 Å². The van der Waals surface area contributed by atoms with Crippen molar-refractivity contribution in [2.45, 2.75) is 13.8 Å². The number of morpholine rings is 1. The summed E-state index contributed by atoms with van der Waals surface area (Å²) in [6, 6.07) is 2.78. The van der Waals surface area contributed by atoms with Gasteiger partial charge in [0.05, 0.1) is 36.5 Å². The first-order chi connectivity index (χ1) is 10.6. The van der Waals surface area contributed by atoms with Crippen LogP contribution >= 0.6 is 0 Å². The van der Waals surface area contributed by atoms with E-state index in [1.807, 2.05) is 0 Å². The maximum atomic E-state index is 12.0. The first-order valence-corrected chi connectivity index (χ1v) is 7.04. The number of anilines is 1. The Balaban J connectivity index is 2.51. The molecule has 1 amide bonds. The highest BCUT2D eigenvalue weighted by atomic mass is 16.6. The SMILES string of the molecule is CCOc1cc([N+](=O)[O-])c(OCC)cc1N1CCOCC1=O. The van der Waals surface area contributed by atoms with Gasteiger partial charge in [0.15, 0.2) is 5.75 Å². The van der Waals surface area contributed by atoms with Crippen molar-refractivity contribution in [1.82, 2.24) is 0 Å². The molecule has 22 heavy (non-hydrogen) atoms. The van der Waals surface area contributed by atoms with Gasteiger partial charge in [0.2, 0.25) is 0 Å². The molecule has 1 aromatic carbocycles. The van der Waals surface area contributed by atoms with Crippen molar-refractivity contribution < 1.29 is 23.9 Å². The second-order valence-corrected chi connectivity index (χ2v) is 4.51. The van der Waals surface area contributed by atoms with Crippen LogP contribution in [-0.4, -0.2) is 43.8 Å². The van der Waals surface area contributed by atoms with Gasteiger partial charge in [-0.2, -0.15) is 0 Å². The van der Waals surface area contributed by atoms with Crippen molar-refractivity contribution in [3.05, 3.63) is 22.2 Å². The highest BCUT2D eigenvalue weighted by Gasteiger charge is 2.28. The van der Waals surface area contributed by atoms with E-state index in [-0.39, 0.29) is 36.3 Å². The molecule has 0 aliphatic carbocycles. The lowest BCUT2D eigenvalue weighted by atomic mass is 10.2. The summed E-state index contributed by atoms with van der Waals surface area (Å²) in [4.78, 5) is 24.2. The summed E-state index contributed by atoms with van der Waals surface area (Å²) in [6.45, 7) is 4.86. The Bertz CT molecular complexity index is 575. The number of nitro benzene ring substituents is 1. The predicted molar refractivity (Wildman–Crippen MR) is 78.6 cm³/mol. The maximum Gasteiger partial charge on any atom is 0.314 e. The number of nitro groups is 1.